The molecule has 1 aliphatic rings. The topological polar surface area (TPSA) is 88.0 Å². The largest absolute Gasteiger partial charge is 0.494 e. The second-order valence-electron chi connectivity index (χ2n) is 6.73. The van der Waals surface area contributed by atoms with Gasteiger partial charge in [0.25, 0.3) is 11.6 Å². The first-order chi connectivity index (χ1) is 14.0. The Hall–Kier alpha value is -3.29. The Morgan fingerprint density at radius 1 is 1.14 bits per heavy atom. The third kappa shape index (κ3) is 4.77. The van der Waals surface area contributed by atoms with Gasteiger partial charge in [0.15, 0.2) is 0 Å². The number of carbonyl (C=O) groups is 1. The van der Waals surface area contributed by atoms with Crippen molar-refractivity contribution in [1.29, 1.82) is 0 Å². The number of nitro benzene ring substituents is 1. The van der Waals surface area contributed by atoms with Crippen molar-refractivity contribution in [2.45, 2.75) is 13.8 Å². The molecule has 154 valence electrons. The molecule has 2 aromatic carbocycles. The number of nitro groups is 1. The van der Waals surface area contributed by atoms with Crippen LogP contribution in [0, 0.1) is 10.1 Å². The zero-order valence-electron chi connectivity index (χ0n) is 16.8. The molecule has 0 aliphatic carbocycles. The minimum Gasteiger partial charge on any atom is -0.494 e. The van der Waals surface area contributed by atoms with Crippen LogP contribution < -0.4 is 15.0 Å². The first kappa shape index (κ1) is 20.4. The van der Waals surface area contributed by atoms with Crippen LogP contribution in [0.5, 0.6) is 5.75 Å². The summed E-state index contributed by atoms with van der Waals surface area (Å²) in [6, 6.07) is 12.4. The maximum absolute atomic E-state index is 12.8. The summed E-state index contributed by atoms with van der Waals surface area (Å²) in [5.41, 5.74) is 2.12. The highest BCUT2D eigenvalue weighted by Gasteiger charge is 2.24. The van der Waals surface area contributed by atoms with Crippen LogP contribution in [0.1, 0.15) is 24.2 Å². The van der Waals surface area contributed by atoms with Gasteiger partial charge < -0.3 is 19.9 Å². The molecule has 1 N–H and O–H groups in total. The van der Waals surface area contributed by atoms with Gasteiger partial charge in [-0.05, 0) is 44.2 Å². The maximum atomic E-state index is 12.8. The van der Waals surface area contributed by atoms with E-state index in [1.807, 2.05) is 36.9 Å². The Morgan fingerprint density at radius 2 is 1.90 bits per heavy atom. The molecule has 1 heterocycles. The fraction of sp³-hybridized carbons (Fsp3) is 0.381. The maximum Gasteiger partial charge on any atom is 0.292 e. The number of hydrogen-bond donors (Lipinski definition) is 1. The van der Waals surface area contributed by atoms with Crippen LogP contribution in [0.2, 0.25) is 0 Å². The number of ether oxygens (including phenoxy) is 1. The van der Waals surface area contributed by atoms with Crippen LogP contribution in [-0.4, -0.2) is 55.1 Å². The fourth-order valence-electron chi connectivity index (χ4n) is 3.45. The summed E-state index contributed by atoms with van der Waals surface area (Å²) in [4.78, 5) is 27.6. The van der Waals surface area contributed by atoms with Gasteiger partial charge in [0.1, 0.15) is 11.4 Å². The number of nitrogens with one attached hydrogen (secondary N) is 1. The monoisotopic (exact) mass is 398 g/mol. The van der Waals surface area contributed by atoms with Gasteiger partial charge in [-0.1, -0.05) is 6.07 Å². The van der Waals surface area contributed by atoms with Crippen molar-refractivity contribution in [3.63, 3.8) is 0 Å². The lowest BCUT2D eigenvalue weighted by Gasteiger charge is -2.36. The number of anilines is 2. The Labute approximate surface area is 170 Å². The van der Waals surface area contributed by atoms with Crippen LogP contribution in [0.25, 0.3) is 0 Å². The van der Waals surface area contributed by atoms with E-state index in [1.54, 1.807) is 18.2 Å². The molecule has 0 saturated carbocycles. The normalized spacial score (nSPS) is 13.9. The highest BCUT2D eigenvalue weighted by Crippen LogP contribution is 2.30. The molecule has 0 spiro atoms. The number of nitrogens with zero attached hydrogens (tertiary/aromatic N) is 3. The second-order valence-corrected chi connectivity index (χ2v) is 6.73. The standard InChI is InChI=1S/C21H26N4O4/c1-3-22-19-15-17(8-9-20(19)25(27)28)23-10-12-24(13-11-23)21(26)16-6-5-7-18(14-16)29-4-2/h5-9,14-15,22H,3-4,10-13H2,1-2H3. The molecule has 8 heteroatoms. The summed E-state index contributed by atoms with van der Waals surface area (Å²) >= 11 is 0. The van der Waals surface area contributed by atoms with E-state index in [4.69, 9.17) is 4.74 Å². The number of rotatable bonds is 7. The molecule has 1 saturated heterocycles. The zero-order valence-corrected chi connectivity index (χ0v) is 16.8. The van der Waals surface area contributed by atoms with Crippen LogP contribution in [0.3, 0.4) is 0 Å². The van der Waals surface area contributed by atoms with Crippen molar-refractivity contribution in [3.8, 4) is 5.75 Å². The van der Waals surface area contributed by atoms with E-state index in [9.17, 15) is 14.9 Å². The summed E-state index contributed by atoms with van der Waals surface area (Å²) < 4.78 is 5.48. The fourth-order valence-corrected chi connectivity index (χ4v) is 3.45. The average Bonchev–Trinajstić information content (AvgIpc) is 2.74. The smallest absolute Gasteiger partial charge is 0.292 e. The highest BCUT2D eigenvalue weighted by atomic mass is 16.6. The van der Waals surface area contributed by atoms with Gasteiger partial charge in [-0.3, -0.25) is 14.9 Å². The predicted octanol–water partition coefficient (Wildman–Crippen LogP) is 3.39. The molecule has 1 fully saturated rings. The Balaban J connectivity index is 1.67. The van der Waals surface area contributed by atoms with Gasteiger partial charge in [-0.2, -0.15) is 0 Å². The molecule has 1 amide bonds. The van der Waals surface area contributed by atoms with Gasteiger partial charge in [-0.25, -0.2) is 0 Å². The van der Waals surface area contributed by atoms with Crippen molar-refractivity contribution in [2.75, 3.05) is 49.5 Å². The van der Waals surface area contributed by atoms with Gasteiger partial charge in [-0.15, -0.1) is 0 Å². The SMILES string of the molecule is CCNc1cc(N2CCN(C(=O)c3cccc(OCC)c3)CC2)ccc1[N+](=O)[O-]. The van der Waals surface area contributed by atoms with E-state index >= 15 is 0 Å². The van der Waals surface area contributed by atoms with Crippen LogP contribution in [0.4, 0.5) is 17.1 Å². The van der Waals surface area contributed by atoms with Gasteiger partial charge in [0, 0.05) is 50.0 Å². The van der Waals surface area contributed by atoms with Gasteiger partial charge in [0.05, 0.1) is 11.5 Å². The van der Waals surface area contributed by atoms with E-state index in [2.05, 4.69) is 10.2 Å². The zero-order chi connectivity index (χ0) is 20.8. The molecule has 0 aromatic heterocycles. The predicted molar refractivity (Wildman–Crippen MR) is 113 cm³/mol. The van der Waals surface area contributed by atoms with E-state index in [-0.39, 0.29) is 16.5 Å². The molecule has 0 unspecified atom stereocenters. The number of hydrogen-bond acceptors (Lipinski definition) is 6. The summed E-state index contributed by atoms with van der Waals surface area (Å²) in [6.45, 7) is 7.49. The Kier molecular flexibility index (Phi) is 6.54. The van der Waals surface area contributed by atoms with E-state index in [1.165, 1.54) is 6.07 Å². The van der Waals surface area contributed by atoms with Crippen LogP contribution in [0.15, 0.2) is 42.5 Å². The Bertz CT molecular complexity index is 879. The van der Waals surface area contributed by atoms with Gasteiger partial charge >= 0.3 is 0 Å². The number of benzene rings is 2. The summed E-state index contributed by atoms with van der Waals surface area (Å²) in [7, 11) is 0. The third-order valence-electron chi connectivity index (χ3n) is 4.87. The molecule has 0 atom stereocenters. The number of piperazine rings is 1. The molecular formula is C21H26N4O4. The summed E-state index contributed by atoms with van der Waals surface area (Å²) in [5, 5.41) is 14.3. The first-order valence-corrected chi connectivity index (χ1v) is 9.82. The van der Waals surface area contributed by atoms with Crippen molar-refractivity contribution in [2.24, 2.45) is 0 Å². The molecule has 8 nitrogen and oxygen atoms in total. The molecule has 0 radical (unpaired) electrons. The minimum atomic E-state index is -0.380. The second kappa shape index (κ2) is 9.27. The van der Waals surface area contributed by atoms with E-state index in [0.717, 1.165) is 5.69 Å². The summed E-state index contributed by atoms with van der Waals surface area (Å²) in [6.07, 6.45) is 0. The third-order valence-corrected chi connectivity index (χ3v) is 4.87. The first-order valence-electron chi connectivity index (χ1n) is 9.82. The molecular weight excluding hydrogens is 372 g/mol. The van der Waals surface area contributed by atoms with Crippen LogP contribution in [-0.2, 0) is 0 Å². The van der Waals surface area contributed by atoms with Crippen molar-refractivity contribution in [1.82, 2.24) is 4.90 Å². The van der Waals surface area contributed by atoms with Gasteiger partial charge in [0.2, 0.25) is 0 Å². The highest BCUT2D eigenvalue weighted by molar-refractivity contribution is 5.94. The lowest BCUT2D eigenvalue weighted by atomic mass is 10.1. The van der Waals surface area contributed by atoms with Crippen molar-refractivity contribution >= 4 is 23.0 Å². The molecule has 29 heavy (non-hydrogen) atoms. The quantitative estimate of drug-likeness (QED) is 0.568. The molecule has 3 rings (SSSR count). The summed E-state index contributed by atoms with van der Waals surface area (Å²) in [5.74, 6) is 0.682. The average molecular weight is 398 g/mol. The molecule has 0 bridgehead atoms. The lowest BCUT2D eigenvalue weighted by Crippen LogP contribution is -2.48. The van der Waals surface area contributed by atoms with Crippen molar-refractivity contribution in [3.05, 3.63) is 58.1 Å². The molecule has 2 aromatic rings. The van der Waals surface area contributed by atoms with Crippen molar-refractivity contribution < 1.29 is 14.5 Å². The van der Waals surface area contributed by atoms with E-state index in [0.29, 0.717) is 56.3 Å². The lowest BCUT2D eigenvalue weighted by molar-refractivity contribution is -0.383. The Morgan fingerprint density at radius 3 is 2.55 bits per heavy atom. The van der Waals surface area contributed by atoms with E-state index < -0.39 is 0 Å². The molecule has 1 aliphatic heterocycles. The van der Waals surface area contributed by atoms with Crippen LogP contribution >= 0.6 is 0 Å². The number of carbonyl (C=O) groups excluding carboxylic acids is 1. The minimum absolute atomic E-state index is 0.0109. The number of amides is 1.